The Kier molecular flexibility index (Phi) is 7.58. The molecular formula is C27H22ClN5O2S. The molecule has 2 amide bonds. The van der Waals surface area contributed by atoms with Gasteiger partial charge in [0.05, 0.1) is 0 Å². The Morgan fingerprint density at radius 2 is 1.61 bits per heavy atom. The van der Waals surface area contributed by atoms with Crippen molar-refractivity contribution >= 4 is 49.7 Å². The number of anilines is 3. The summed E-state index contributed by atoms with van der Waals surface area (Å²) in [5.41, 5.74) is 7.90. The molecule has 7 nitrogen and oxygen atoms in total. The van der Waals surface area contributed by atoms with Crippen LogP contribution in [0.25, 0.3) is 10.8 Å². The van der Waals surface area contributed by atoms with E-state index < -0.39 is 5.91 Å². The smallest absolute Gasteiger partial charge is 0.270 e. The van der Waals surface area contributed by atoms with Gasteiger partial charge in [-0.05, 0) is 35.0 Å². The number of nitrogens with two attached hydrogens (primary N) is 1. The van der Waals surface area contributed by atoms with Crippen LogP contribution < -0.4 is 33.3 Å². The van der Waals surface area contributed by atoms with Gasteiger partial charge in [-0.2, -0.15) is 0 Å². The number of pyridine rings is 1. The van der Waals surface area contributed by atoms with Gasteiger partial charge in [0.2, 0.25) is 0 Å². The Bertz CT molecular complexity index is 1520. The van der Waals surface area contributed by atoms with Gasteiger partial charge in [-0.25, -0.2) is 9.55 Å². The highest BCUT2D eigenvalue weighted by atomic mass is 35.5. The Hall–Kier alpha value is -4.27. The van der Waals surface area contributed by atoms with Crippen molar-refractivity contribution in [3.63, 3.8) is 0 Å². The molecule has 0 saturated carbocycles. The molecule has 0 bridgehead atoms. The van der Waals surface area contributed by atoms with Gasteiger partial charge in [0, 0.05) is 28.9 Å². The zero-order valence-electron chi connectivity index (χ0n) is 19.0. The summed E-state index contributed by atoms with van der Waals surface area (Å²) >= 11 is 1.16. The van der Waals surface area contributed by atoms with Gasteiger partial charge in [-0.15, -0.1) is 0 Å². The zero-order chi connectivity index (χ0) is 24.2. The summed E-state index contributed by atoms with van der Waals surface area (Å²) in [6.45, 7) is 0.702. The van der Waals surface area contributed by atoms with E-state index in [0.29, 0.717) is 22.2 Å². The summed E-state index contributed by atoms with van der Waals surface area (Å²) in [6.07, 6.45) is 3.97. The van der Waals surface area contributed by atoms with Crippen LogP contribution in [-0.2, 0) is 6.54 Å². The van der Waals surface area contributed by atoms with Gasteiger partial charge in [-0.3, -0.25) is 9.59 Å². The van der Waals surface area contributed by atoms with Crippen LogP contribution in [0.4, 0.5) is 15.8 Å². The number of carbonyl (C=O) groups excluding carboxylic acids is 2. The number of benzene rings is 3. The molecule has 0 atom stereocenters. The number of rotatable bonds is 7. The standard InChI is InChI=1S/C27H21N5O2S.ClH/c28-24(33)23-26(35-27(30-23)29-22-13-12-19-6-2-3-7-21(19)16-22)31-25(34)20-10-8-18(9-11-20)17-32-14-4-1-5-15-32;/h1-16H,17H2,(H3-,28,29,30,31,33,34);1H. The van der Waals surface area contributed by atoms with Gasteiger partial charge in [0.15, 0.2) is 29.8 Å². The molecule has 0 fully saturated rings. The number of nitrogens with zero attached hydrogens (tertiary/aromatic N) is 2. The fraction of sp³-hybridized carbons (Fsp3) is 0.0370. The van der Waals surface area contributed by atoms with Gasteiger partial charge in [-0.1, -0.05) is 59.9 Å². The summed E-state index contributed by atoms with van der Waals surface area (Å²) in [7, 11) is 0. The average molecular weight is 516 g/mol. The van der Waals surface area contributed by atoms with E-state index in [1.165, 1.54) is 0 Å². The van der Waals surface area contributed by atoms with Crippen molar-refractivity contribution in [2.75, 3.05) is 10.6 Å². The van der Waals surface area contributed by atoms with E-state index in [2.05, 4.69) is 20.2 Å². The molecule has 0 unspecified atom stereocenters. The van der Waals surface area contributed by atoms with Crippen LogP contribution in [0.2, 0.25) is 0 Å². The van der Waals surface area contributed by atoms with Gasteiger partial charge in [0.1, 0.15) is 5.00 Å². The predicted molar refractivity (Wildman–Crippen MR) is 138 cm³/mol. The van der Waals surface area contributed by atoms with Crippen LogP contribution in [0.1, 0.15) is 26.4 Å². The van der Waals surface area contributed by atoms with Gasteiger partial charge in [0.25, 0.3) is 11.8 Å². The molecule has 9 heteroatoms. The number of aromatic nitrogens is 2. The number of fused-ring (bicyclic) bond motifs is 1. The maximum atomic E-state index is 12.9. The van der Waals surface area contributed by atoms with Crippen LogP contribution in [0, 0.1) is 0 Å². The van der Waals surface area contributed by atoms with Crippen molar-refractivity contribution in [2.45, 2.75) is 6.54 Å². The lowest BCUT2D eigenvalue weighted by atomic mass is 10.1. The van der Waals surface area contributed by atoms with Crippen molar-refractivity contribution < 1.29 is 26.6 Å². The summed E-state index contributed by atoms with van der Waals surface area (Å²) < 4.78 is 2.05. The fourth-order valence-electron chi connectivity index (χ4n) is 3.70. The second kappa shape index (κ2) is 11.0. The minimum Gasteiger partial charge on any atom is -1.00 e. The van der Waals surface area contributed by atoms with Gasteiger partial charge >= 0.3 is 0 Å². The normalized spacial score (nSPS) is 10.4. The molecule has 36 heavy (non-hydrogen) atoms. The summed E-state index contributed by atoms with van der Waals surface area (Å²) in [4.78, 5) is 29.2. The Morgan fingerprint density at radius 3 is 2.33 bits per heavy atom. The molecular weight excluding hydrogens is 494 g/mol. The number of halogens is 1. The predicted octanol–water partition coefficient (Wildman–Crippen LogP) is 1.73. The molecule has 0 radical (unpaired) electrons. The lowest BCUT2D eigenvalue weighted by Gasteiger charge is -2.05. The monoisotopic (exact) mass is 515 g/mol. The molecule has 2 heterocycles. The number of primary amides is 1. The highest BCUT2D eigenvalue weighted by molar-refractivity contribution is 7.20. The first-order valence-corrected chi connectivity index (χ1v) is 11.8. The van der Waals surface area contributed by atoms with Crippen LogP contribution in [0.5, 0.6) is 0 Å². The van der Waals surface area contributed by atoms with Crippen molar-refractivity contribution in [3.05, 3.63) is 114 Å². The Balaban J connectivity index is 0.00000304. The minimum atomic E-state index is -0.710. The first-order valence-electron chi connectivity index (χ1n) is 11.0. The largest absolute Gasteiger partial charge is 1.00 e. The molecule has 180 valence electrons. The van der Waals surface area contributed by atoms with Crippen LogP contribution in [-0.4, -0.2) is 16.8 Å². The van der Waals surface area contributed by atoms with Crippen molar-refractivity contribution in [1.29, 1.82) is 0 Å². The van der Waals surface area contributed by atoms with E-state index >= 15 is 0 Å². The van der Waals surface area contributed by atoms with Crippen molar-refractivity contribution in [2.24, 2.45) is 5.73 Å². The summed E-state index contributed by atoms with van der Waals surface area (Å²) in [5, 5.41) is 8.94. The van der Waals surface area contributed by atoms with Crippen LogP contribution in [0.3, 0.4) is 0 Å². The van der Waals surface area contributed by atoms with Gasteiger partial charge < -0.3 is 28.8 Å². The quantitative estimate of drug-likeness (QED) is 0.287. The molecule has 3 aromatic carbocycles. The molecule has 4 N–H and O–H groups in total. The third-order valence-corrected chi connectivity index (χ3v) is 6.33. The summed E-state index contributed by atoms with van der Waals surface area (Å²) in [6, 6.07) is 27.2. The number of nitrogens with one attached hydrogen (secondary N) is 2. The van der Waals surface area contributed by atoms with Crippen LogP contribution in [0.15, 0.2) is 97.3 Å². The first-order chi connectivity index (χ1) is 17.0. The maximum Gasteiger partial charge on any atom is 0.270 e. The van der Waals surface area contributed by atoms with E-state index in [4.69, 9.17) is 5.73 Å². The number of amides is 2. The molecule has 5 rings (SSSR count). The molecule has 0 aliphatic rings. The molecule has 5 aromatic rings. The third-order valence-electron chi connectivity index (χ3n) is 5.45. The summed E-state index contributed by atoms with van der Waals surface area (Å²) in [5.74, 6) is -1.05. The second-order valence-corrected chi connectivity index (χ2v) is 8.95. The molecule has 0 aliphatic heterocycles. The topological polar surface area (TPSA) is 101 Å². The number of hydrogen-bond donors (Lipinski definition) is 3. The highest BCUT2D eigenvalue weighted by Gasteiger charge is 2.19. The average Bonchev–Trinajstić information content (AvgIpc) is 3.27. The molecule has 0 spiro atoms. The van der Waals surface area contributed by atoms with E-state index in [1.807, 2.05) is 85.2 Å². The van der Waals surface area contributed by atoms with E-state index in [-0.39, 0.29) is 24.0 Å². The Labute approximate surface area is 218 Å². The Morgan fingerprint density at radius 1 is 0.889 bits per heavy atom. The maximum absolute atomic E-state index is 12.9. The fourth-order valence-corrected chi connectivity index (χ4v) is 4.59. The van der Waals surface area contributed by atoms with E-state index in [1.54, 1.807) is 12.1 Å². The minimum absolute atomic E-state index is 0. The lowest BCUT2D eigenvalue weighted by molar-refractivity contribution is -0.688. The number of thiazole rings is 1. The first kappa shape index (κ1) is 24.8. The molecule has 0 aliphatic carbocycles. The molecule has 0 saturated heterocycles. The molecule has 2 aromatic heterocycles. The van der Waals surface area contributed by atoms with Crippen LogP contribution >= 0.6 is 11.3 Å². The SMILES string of the molecule is NC(=O)c1nc(Nc2ccc3ccccc3c2)sc1NC(=O)c1ccc(C[n+]2ccccc2)cc1.[Cl-]. The van der Waals surface area contributed by atoms with Crippen molar-refractivity contribution in [1.82, 2.24) is 4.98 Å². The highest BCUT2D eigenvalue weighted by Crippen LogP contribution is 2.31. The lowest BCUT2D eigenvalue weighted by Crippen LogP contribution is -3.00. The van der Waals surface area contributed by atoms with Crippen molar-refractivity contribution in [3.8, 4) is 0 Å². The van der Waals surface area contributed by atoms with E-state index in [0.717, 1.165) is 33.4 Å². The zero-order valence-corrected chi connectivity index (χ0v) is 20.6. The number of hydrogen-bond acceptors (Lipinski definition) is 5. The third kappa shape index (κ3) is 5.68. The second-order valence-electron chi connectivity index (χ2n) is 7.95. The van der Waals surface area contributed by atoms with E-state index in [9.17, 15) is 9.59 Å². The number of carbonyl (C=O) groups is 2.